The van der Waals surface area contributed by atoms with Gasteiger partial charge in [-0.2, -0.15) is 5.23 Å². The third-order valence-electron chi connectivity index (χ3n) is 2.85. The van der Waals surface area contributed by atoms with Crippen LogP contribution in [0.4, 0.5) is 5.69 Å². The predicted octanol–water partition coefficient (Wildman–Crippen LogP) is 1.89. The second-order valence-corrected chi connectivity index (χ2v) is 5.31. The highest BCUT2D eigenvalue weighted by atomic mass is 79.9. The average molecular weight is 366 g/mol. The van der Waals surface area contributed by atoms with Crippen molar-refractivity contribution < 1.29 is 24.8 Å². The van der Waals surface area contributed by atoms with Crippen molar-refractivity contribution in [3.8, 4) is 0 Å². The van der Waals surface area contributed by atoms with Crippen LogP contribution in [-0.4, -0.2) is 23.6 Å². The molecule has 0 aliphatic rings. The molecule has 6 nitrogen and oxygen atoms in total. The largest absolute Gasteiger partial charge is 0.595 e. The van der Waals surface area contributed by atoms with Gasteiger partial charge >= 0.3 is 5.97 Å². The molecule has 22 heavy (non-hydrogen) atoms. The molecule has 0 heterocycles. The van der Waals surface area contributed by atoms with E-state index in [4.69, 9.17) is 9.94 Å². The highest BCUT2D eigenvalue weighted by Gasteiger charge is 2.13. The molecular weight excluding hydrogens is 354 g/mol. The normalized spacial score (nSPS) is 11.8. The maximum atomic E-state index is 11.9. The number of quaternary nitrogens is 1. The van der Waals surface area contributed by atoms with Crippen molar-refractivity contribution in [3.05, 3.63) is 69.3 Å². The topological polar surface area (TPSA) is 91.1 Å². The van der Waals surface area contributed by atoms with Crippen molar-refractivity contribution in [2.45, 2.75) is 0 Å². The van der Waals surface area contributed by atoms with Crippen LogP contribution in [0.5, 0.6) is 0 Å². The second kappa shape index (κ2) is 7.28. The molecule has 0 aromatic heterocycles. The Labute approximate surface area is 134 Å². The molecule has 0 radical (unpaired) electrons. The summed E-state index contributed by atoms with van der Waals surface area (Å²) in [5.74, 6) is -1.08. The summed E-state index contributed by atoms with van der Waals surface area (Å²) in [5.41, 5.74) is 0.517. The fraction of sp³-hybridized carbons (Fsp3) is 0.0667. The van der Waals surface area contributed by atoms with E-state index in [1.165, 1.54) is 24.3 Å². The molecule has 1 atom stereocenters. The van der Waals surface area contributed by atoms with Gasteiger partial charge in [0.2, 0.25) is 5.78 Å². The van der Waals surface area contributed by atoms with Gasteiger partial charge in [-0.3, -0.25) is 4.79 Å². The molecule has 0 saturated carbocycles. The molecule has 2 N–H and O–H groups in total. The number of benzene rings is 2. The van der Waals surface area contributed by atoms with Crippen LogP contribution in [0.1, 0.15) is 20.7 Å². The van der Waals surface area contributed by atoms with Crippen molar-refractivity contribution >= 4 is 33.4 Å². The summed E-state index contributed by atoms with van der Waals surface area (Å²) in [5, 5.41) is 18.6. The van der Waals surface area contributed by atoms with E-state index in [1.54, 1.807) is 24.3 Å². The third kappa shape index (κ3) is 4.22. The minimum absolute atomic E-state index is 0.00471. The number of carbonyl (C=O) groups is 2. The number of ketones is 1. The number of esters is 1. The third-order valence-corrected chi connectivity index (χ3v) is 3.37. The van der Waals surface area contributed by atoms with E-state index >= 15 is 0 Å². The lowest BCUT2D eigenvalue weighted by Gasteiger charge is -2.12. The number of hydrogen-bond acceptors (Lipinski definition) is 5. The zero-order valence-corrected chi connectivity index (χ0v) is 12.9. The highest BCUT2D eigenvalue weighted by molar-refractivity contribution is 9.10. The summed E-state index contributed by atoms with van der Waals surface area (Å²) in [6.07, 6.45) is 0. The predicted molar refractivity (Wildman–Crippen MR) is 81.0 cm³/mol. The van der Waals surface area contributed by atoms with Gasteiger partial charge in [-0.1, -0.05) is 28.1 Å². The Balaban J connectivity index is 1.99. The van der Waals surface area contributed by atoms with Crippen molar-refractivity contribution in [3.63, 3.8) is 0 Å². The summed E-state index contributed by atoms with van der Waals surface area (Å²) < 4.78 is 5.76. The van der Waals surface area contributed by atoms with Gasteiger partial charge in [0.05, 0.1) is 5.56 Å². The number of ether oxygens (including phenoxy) is 1. The van der Waals surface area contributed by atoms with E-state index in [0.29, 0.717) is 5.56 Å². The Morgan fingerprint density at radius 1 is 1.14 bits per heavy atom. The Morgan fingerprint density at radius 3 is 2.45 bits per heavy atom. The Kier molecular flexibility index (Phi) is 5.40. The van der Waals surface area contributed by atoms with E-state index in [2.05, 4.69) is 15.9 Å². The van der Waals surface area contributed by atoms with Crippen LogP contribution in [-0.2, 0) is 4.74 Å². The molecule has 114 valence electrons. The maximum absolute atomic E-state index is 11.9. The number of hydrogen-bond donors (Lipinski definition) is 2. The number of halogens is 1. The first-order valence-electron chi connectivity index (χ1n) is 6.26. The highest BCUT2D eigenvalue weighted by Crippen LogP contribution is 2.12. The van der Waals surface area contributed by atoms with Gasteiger partial charge in [-0.25, -0.2) is 10.0 Å². The fourth-order valence-corrected chi connectivity index (χ4v) is 1.97. The van der Waals surface area contributed by atoms with Crippen LogP contribution in [0, 0.1) is 5.21 Å². The van der Waals surface area contributed by atoms with E-state index in [-0.39, 0.29) is 11.3 Å². The van der Waals surface area contributed by atoms with Crippen LogP contribution in [0.25, 0.3) is 0 Å². The molecule has 2 aromatic rings. The summed E-state index contributed by atoms with van der Waals surface area (Å²) in [6, 6.07) is 12.1. The number of Topliss-reactive ketones (excluding diaryl/α,β-unsaturated/α-hetero) is 1. The first-order valence-corrected chi connectivity index (χ1v) is 7.06. The number of carbonyl (C=O) groups excluding carboxylic acids is 2. The van der Waals surface area contributed by atoms with Gasteiger partial charge in [-0.15, -0.1) is 0 Å². The van der Waals surface area contributed by atoms with Crippen LogP contribution >= 0.6 is 15.9 Å². The monoisotopic (exact) mass is 365 g/mol. The quantitative estimate of drug-likeness (QED) is 0.479. The molecule has 2 rings (SSSR count). The molecule has 0 spiro atoms. The zero-order valence-electron chi connectivity index (χ0n) is 11.3. The van der Waals surface area contributed by atoms with Crippen LogP contribution in [0.15, 0.2) is 53.0 Å². The molecule has 0 aliphatic heterocycles. The molecule has 0 saturated heterocycles. The van der Waals surface area contributed by atoms with Crippen molar-refractivity contribution in [1.82, 2.24) is 0 Å². The minimum Gasteiger partial charge on any atom is -0.595 e. The molecule has 1 unspecified atom stereocenters. The first-order chi connectivity index (χ1) is 10.5. The molecule has 0 amide bonds. The van der Waals surface area contributed by atoms with E-state index < -0.39 is 23.6 Å². The lowest BCUT2D eigenvalue weighted by Crippen LogP contribution is -2.99. The van der Waals surface area contributed by atoms with Gasteiger partial charge in [0.25, 0.3) is 0 Å². The van der Waals surface area contributed by atoms with E-state index in [9.17, 15) is 14.8 Å². The number of rotatable bonds is 5. The Morgan fingerprint density at radius 2 is 1.82 bits per heavy atom. The van der Waals surface area contributed by atoms with Crippen molar-refractivity contribution in [2.24, 2.45) is 0 Å². The van der Waals surface area contributed by atoms with Gasteiger partial charge < -0.3 is 9.94 Å². The minimum atomic E-state index is -1.12. The van der Waals surface area contributed by atoms with Crippen molar-refractivity contribution in [2.75, 3.05) is 6.61 Å². The molecule has 0 aliphatic carbocycles. The zero-order chi connectivity index (χ0) is 16.1. The molecule has 0 bridgehead atoms. The van der Waals surface area contributed by atoms with Crippen LogP contribution in [0.3, 0.4) is 0 Å². The maximum Gasteiger partial charge on any atom is 0.338 e. The van der Waals surface area contributed by atoms with Crippen LogP contribution in [0.2, 0.25) is 0 Å². The Bertz CT molecular complexity index is 685. The summed E-state index contributed by atoms with van der Waals surface area (Å²) in [4.78, 5) is 23.7. The molecule has 2 aromatic carbocycles. The lowest BCUT2D eigenvalue weighted by molar-refractivity contribution is -0.991. The second-order valence-electron chi connectivity index (χ2n) is 4.39. The van der Waals surface area contributed by atoms with E-state index in [0.717, 1.165) is 4.47 Å². The van der Waals surface area contributed by atoms with Gasteiger partial charge in [0.15, 0.2) is 12.3 Å². The molecule has 7 heteroatoms. The smallest absolute Gasteiger partial charge is 0.338 e. The first kappa shape index (κ1) is 16.3. The lowest BCUT2D eigenvalue weighted by atomic mass is 10.1. The van der Waals surface area contributed by atoms with Crippen LogP contribution < -0.4 is 5.23 Å². The summed E-state index contributed by atoms with van der Waals surface area (Å²) in [7, 11) is 0. The van der Waals surface area contributed by atoms with Gasteiger partial charge in [-0.05, 0) is 24.3 Å². The van der Waals surface area contributed by atoms with Gasteiger partial charge in [0, 0.05) is 22.2 Å². The molecular formula is C15H12BrNO5. The summed E-state index contributed by atoms with van der Waals surface area (Å²) in [6.45, 7) is -0.446. The SMILES string of the molecule is O=C(COC(=O)c1ccc(Br)cc1)c1cccc([NH+]([O-])O)c1. The Hall–Kier alpha value is -2.06. The van der Waals surface area contributed by atoms with Crippen molar-refractivity contribution in [1.29, 1.82) is 0 Å². The summed E-state index contributed by atoms with van der Waals surface area (Å²) >= 11 is 3.25. The number of nitrogens with one attached hydrogen (secondary N) is 1. The average Bonchev–Trinajstić information content (AvgIpc) is 2.53. The fourth-order valence-electron chi connectivity index (χ4n) is 1.71. The van der Waals surface area contributed by atoms with E-state index in [1.807, 2.05) is 0 Å². The standard InChI is InChI=1S/C15H12BrNO5/c16-12-6-4-10(5-7-12)15(19)22-9-14(18)11-2-1-3-13(8-11)17(20)21/h1-8,17,20H,9H2. The molecule has 0 fully saturated rings. The van der Waals surface area contributed by atoms with Gasteiger partial charge in [0.1, 0.15) is 0 Å².